The first-order valence-electron chi connectivity index (χ1n) is 10.6. The van der Waals surface area contributed by atoms with Crippen LogP contribution >= 0.6 is 0 Å². The lowest BCUT2D eigenvalue weighted by Crippen LogP contribution is -2.47. The second kappa shape index (κ2) is 8.97. The largest absolute Gasteiger partial charge is 0.433 e. The van der Waals surface area contributed by atoms with Crippen LogP contribution in [0.5, 0.6) is 0 Å². The second-order valence-corrected chi connectivity index (χ2v) is 8.53. The van der Waals surface area contributed by atoms with Crippen LogP contribution in [-0.4, -0.2) is 67.0 Å². The third-order valence-corrected chi connectivity index (χ3v) is 5.90. The molecule has 2 aromatic heterocycles. The number of aliphatic hydroxyl groups excluding tert-OH is 1. The van der Waals surface area contributed by atoms with E-state index in [1.807, 2.05) is 0 Å². The van der Waals surface area contributed by atoms with Gasteiger partial charge in [-0.1, -0.05) is 0 Å². The fourth-order valence-electron chi connectivity index (χ4n) is 3.80. The summed E-state index contributed by atoms with van der Waals surface area (Å²) < 4.78 is 121. The summed E-state index contributed by atoms with van der Waals surface area (Å²) in [6.07, 6.45) is -14.3. The molecule has 17 heteroatoms. The maximum atomic E-state index is 14.6. The summed E-state index contributed by atoms with van der Waals surface area (Å²) in [7, 11) is 0. The molecule has 37 heavy (non-hydrogen) atoms. The Hall–Kier alpha value is -3.21. The van der Waals surface area contributed by atoms with Crippen molar-refractivity contribution >= 4 is 23.2 Å². The van der Waals surface area contributed by atoms with Crippen molar-refractivity contribution < 1.29 is 49.7 Å². The molecule has 8 nitrogen and oxygen atoms in total. The summed E-state index contributed by atoms with van der Waals surface area (Å²) in [5.41, 5.74) is -5.27. The van der Waals surface area contributed by atoms with Gasteiger partial charge in [-0.15, -0.1) is 0 Å². The van der Waals surface area contributed by atoms with E-state index in [4.69, 9.17) is 0 Å². The standard InChI is InChI=1S/C20H17F9N6O2/c21-12-10(1-3-18(22,23)13(12)36)14-32-15(31-9-2-5-30-11(7-9)19(24,25)26)34-16(33-14)35-6-4-17(37,8-35)20(27,28)29/h2,5,7,13,36-37H,1,3-4,6,8H2,(H,30,31,32,33,34). The summed E-state index contributed by atoms with van der Waals surface area (Å²) in [4.78, 5) is 15.6. The summed E-state index contributed by atoms with van der Waals surface area (Å²) >= 11 is 0. The number of nitrogens with one attached hydrogen (secondary N) is 1. The molecular formula is C20H17F9N6O2. The minimum Gasteiger partial charge on any atom is -0.380 e. The van der Waals surface area contributed by atoms with Crippen molar-refractivity contribution in [3.8, 4) is 0 Å². The Labute approximate surface area is 201 Å². The van der Waals surface area contributed by atoms with Gasteiger partial charge in [0.2, 0.25) is 11.9 Å². The second-order valence-electron chi connectivity index (χ2n) is 8.53. The van der Waals surface area contributed by atoms with Gasteiger partial charge in [-0.2, -0.15) is 41.3 Å². The fourth-order valence-corrected chi connectivity index (χ4v) is 3.80. The predicted octanol–water partition coefficient (Wildman–Crippen LogP) is 4.00. The molecule has 0 aromatic carbocycles. The molecule has 2 atom stereocenters. The summed E-state index contributed by atoms with van der Waals surface area (Å²) in [6, 6.07) is 1.66. The van der Waals surface area contributed by atoms with Gasteiger partial charge in [0, 0.05) is 36.8 Å². The molecule has 0 bridgehead atoms. The Kier molecular flexibility index (Phi) is 6.51. The number of pyridine rings is 1. The number of anilines is 3. The molecule has 3 heterocycles. The van der Waals surface area contributed by atoms with Crippen molar-refractivity contribution in [1.29, 1.82) is 0 Å². The van der Waals surface area contributed by atoms with Crippen molar-refractivity contribution in [1.82, 2.24) is 19.9 Å². The number of hydrogen-bond donors (Lipinski definition) is 3. The summed E-state index contributed by atoms with van der Waals surface area (Å²) in [5, 5.41) is 22.0. The molecule has 1 aliphatic carbocycles. The number of allylic oxidation sites excluding steroid dienone is 1. The van der Waals surface area contributed by atoms with E-state index in [0.29, 0.717) is 6.07 Å². The van der Waals surface area contributed by atoms with Crippen LogP contribution in [-0.2, 0) is 6.18 Å². The molecule has 0 spiro atoms. The lowest BCUT2D eigenvalue weighted by Gasteiger charge is -2.28. The van der Waals surface area contributed by atoms with Crippen LogP contribution in [0.2, 0.25) is 0 Å². The maximum absolute atomic E-state index is 14.6. The number of β-amino-alcohol motifs (C(OH)–C–C–N with tert-alkyl or cyclic N) is 1. The van der Waals surface area contributed by atoms with Crippen LogP contribution in [0.15, 0.2) is 24.2 Å². The SMILES string of the molecule is OC1C(F)=C(c2nc(Nc3ccnc(C(F)(F)F)c3)nc(N3CCC(O)(C(F)(F)F)C3)n2)CCC1(F)F. The molecule has 202 valence electrons. The van der Waals surface area contributed by atoms with E-state index in [1.165, 1.54) is 0 Å². The Balaban J connectivity index is 1.76. The molecule has 2 aromatic rings. The quantitative estimate of drug-likeness (QED) is 0.496. The van der Waals surface area contributed by atoms with Crippen molar-refractivity contribution in [2.45, 2.75) is 49.2 Å². The Morgan fingerprint density at radius 2 is 1.76 bits per heavy atom. The van der Waals surface area contributed by atoms with E-state index >= 15 is 0 Å². The van der Waals surface area contributed by atoms with Gasteiger partial charge in [0.25, 0.3) is 5.92 Å². The molecule has 1 aliphatic heterocycles. The molecule has 1 saturated heterocycles. The molecule has 0 saturated carbocycles. The minimum atomic E-state index is -5.02. The smallest absolute Gasteiger partial charge is 0.380 e. The van der Waals surface area contributed by atoms with Crippen molar-refractivity contribution in [3.63, 3.8) is 0 Å². The lowest BCUT2D eigenvalue weighted by atomic mass is 9.92. The van der Waals surface area contributed by atoms with E-state index in [2.05, 4.69) is 25.3 Å². The van der Waals surface area contributed by atoms with E-state index < -0.39 is 97.1 Å². The zero-order chi connectivity index (χ0) is 27.4. The highest BCUT2D eigenvalue weighted by Gasteiger charge is 2.57. The van der Waals surface area contributed by atoms with E-state index in [-0.39, 0.29) is 5.69 Å². The average molecular weight is 544 g/mol. The minimum absolute atomic E-state index is 0.261. The van der Waals surface area contributed by atoms with Crippen LogP contribution in [0.1, 0.15) is 30.8 Å². The summed E-state index contributed by atoms with van der Waals surface area (Å²) in [5.74, 6) is -7.20. The number of aromatic nitrogens is 4. The zero-order valence-electron chi connectivity index (χ0n) is 18.4. The highest BCUT2D eigenvalue weighted by Crippen LogP contribution is 2.42. The molecule has 0 amide bonds. The molecule has 0 radical (unpaired) electrons. The highest BCUT2D eigenvalue weighted by molar-refractivity contribution is 5.67. The molecule has 4 rings (SSSR count). The van der Waals surface area contributed by atoms with Crippen LogP contribution in [0.3, 0.4) is 0 Å². The third-order valence-electron chi connectivity index (χ3n) is 5.90. The van der Waals surface area contributed by atoms with Gasteiger partial charge in [0.15, 0.2) is 17.5 Å². The number of halogens is 9. The van der Waals surface area contributed by atoms with Gasteiger partial charge < -0.3 is 20.4 Å². The van der Waals surface area contributed by atoms with Gasteiger partial charge in [-0.05, 0) is 18.6 Å². The van der Waals surface area contributed by atoms with Crippen molar-refractivity contribution in [2.24, 2.45) is 0 Å². The average Bonchev–Trinajstić information content (AvgIpc) is 3.21. The maximum Gasteiger partial charge on any atom is 0.433 e. The van der Waals surface area contributed by atoms with Crippen LogP contribution in [0, 0.1) is 0 Å². The van der Waals surface area contributed by atoms with Gasteiger partial charge >= 0.3 is 12.4 Å². The number of alkyl halides is 8. The van der Waals surface area contributed by atoms with Crippen LogP contribution < -0.4 is 10.2 Å². The fraction of sp³-hybridized carbons (Fsp3) is 0.500. The lowest BCUT2D eigenvalue weighted by molar-refractivity contribution is -0.250. The topological polar surface area (TPSA) is 107 Å². The Bertz CT molecular complexity index is 1220. The molecule has 3 N–H and O–H groups in total. The van der Waals surface area contributed by atoms with Crippen molar-refractivity contribution in [3.05, 3.63) is 35.7 Å². The van der Waals surface area contributed by atoms with Gasteiger partial charge in [0.05, 0.1) is 6.54 Å². The number of aliphatic hydroxyl groups is 2. The van der Waals surface area contributed by atoms with E-state index in [0.717, 1.165) is 17.2 Å². The van der Waals surface area contributed by atoms with Crippen molar-refractivity contribution in [2.75, 3.05) is 23.3 Å². The Morgan fingerprint density at radius 1 is 1.05 bits per heavy atom. The number of rotatable bonds is 4. The highest BCUT2D eigenvalue weighted by atomic mass is 19.4. The first-order valence-corrected chi connectivity index (χ1v) is 10.6. The third kappa shape index (κ3) is 5.27. The zero-order valence-corrected chi connectivity index (χ0v) is 18.4. The Morgan fingerprint density at radius 3 is 2.38 bits per heavy atom. The van der Waals surface area contributed by atoms with E-state index in [9.17, 15) is 49.7 Å². The predicted molar refractivity (Wildman–Crippen MR) is 108 cm³/mol. The molecule has 2 aliphatic rings. The normalized spacial score (nSPS) is 24.5. The molecule has 2 unspecified atom stereocenters. The van der Waals surface area contributed by atoms with Gasteiger partial charge in [-0.25, -0.2) is 13.2 Å². The summed E-state index contributed by atoms with van der Waals surface area (Å²) in [6.45, 7) is -1.45. The van der Waals surface area contributed by atoms with Gasteiger partial charge in [0.1, 0.15) is 11.5 Å². The number of hydrogen-bond acceptors (Lipinski definition) is 8. The monoisotopic (exact) mass is 544 g/mol. The first-order chi connectivity index (χ1) is 17.0. The number of nitrogens with zero attached hydrogens (tertiary/aromatic N) is 5. The van der Waals surface area contributed by atoms with E-state index in [1.54, 1.807) is 0 Å². The first kappa shape index (κ1) is 26.8. The van der Waals surface area contributed by atoms with Crippen LogP contribution in [0.25, 0.3) is 5.57 Å². The molecule has 1 fully saturated rings. The van der Waals surface area contributed by atoms with Gasteiger partial charge in [-0.3, -0.25) is 4.98 Å². The van der Waals surface area contributed by atoms with Crippen LogP contribution in [0.4, 0.5) is 57.1 Å². The molecular weight excluding hydrogens is 527 g/mol.